The number of rotatable bonds is 3. The number of benzene rings is 1. The molecule has 0 aliphatic heterocycles. The van der Waals surface area contributed by atoms with Crippen LogP contribution in [0.2, 0.25) is 5.02 Å². The molecule has 1 amide bonds. The third-order valence-corrected chi connectivity index (χ3v) is 4.72. The number of hydrogen-bond acceptors (Lipinski definition) is 3. The Kier molecular flexibility index (Phi) is 4.90. The topological polar surface area (TPSA) is 46.4 Å². The van der Waals surface area contributed by atoms with Crippen LogP contribution in [0.5, 0.6) is 0 Å². The van der Waals surface area contributed by atoms with Crippen molar-refractivity contribution in [3.05, 3.63) is 58.5 Å². The van der Waals surface area contributed by atoms with Crippen molar-refractivity contribution in [2.75, 3.05) is 11.6 Å². The van der Waals surface area contributed by atoms with Gasteiger partial charge in [0.25, 0.3) is 5.91 Å². The summed E-state index contributed by atoms with van der Waals surface area (Å²) in [5, 5.41) is 2.52. The van der Waals surface area contributed by atoms with E-state index in [0.29, 0.717) is 5.69 Å². The molecule has 0 fully saturated rings. The Morgan fingerprint density at radius 3 is 2.69 bits per heavy atom. The summed E-state index contributed by atoms with van der Waals surface area (Å²) < 4.78 is 40.3. The highest BCUT2D eigenvalue weighted by Gasteiger charge is 2.32. The zero-order valence-electron chi connectivity index (χ0n) is 13.7. The van der Waals surface area contributed by atoms with Gasteiger partial charge in [-0.15, -0.1) is 11.8 Å². The van der Waals surface area contributed by atoms with E-state index in [0.717, 1.165) is 21.6 Å². The Hall–Kier alpha value is -2.19. The maximum Gasteiger partial charge on any atom is 0.417 e. The highest BCUT2D eigenvalue weighted by molar-refractivity contribution is 7.98. The van der Waals surface area contributed by atoms with E-state index in [-0.39, 0.29) is 22.1 Å². The van der Waals surface area contributed by atoms with Crippen LogP contribution in [0.25, 0.3) is 5.65 Å². The number of thioether (sulfide) groups is 1. The number of nitrogens with zero attached hydrogens (tertiary/aromatic N) is 2. The minimum Gasteiger partial charge on any atom is -0.321 e. The summed E-state index contributed by atoms with van der Waals surface area (Å²) in [5.41, 5.74) is -0.0346. The third kappa shape index (κ3) is 3.52. The molecule has 1 aromatic carbocycles. The largest absolute Gasteiger partial charge is 0.417 e. The minimum absolute atomic E-state index is 0.00237. The molecule has 4 nitrogen and oxygen atoms in total. The Morgan fingerprint density at radius 1 is 1.31 bits per heavy atom. The summed E-state index contributed by atoms with van der Waals surface area (Å²) in [6.07, 6.45) is -1.86. The van der Waals surface area contributed by atoms with Crippen molar-refractivity contribution in [2.45, 2.75) is 18.0 Å². The third-order valence-electron chi connectivity index (χ3n) is 3.72. The van der Waals surface area contributed by atoms with Crippen molar-refractivity contribution >= 4 is 40.6 Å². The molecule has 0 saturated carbocycles. The first-order valence-corrected chi connectivity index (χ1v) is 9.02. The number of pyridine rings is 1. The van der Waals surface area contributed by atoms with Gasteiger partial charge in [-0.3, -0.25) is 9.20 Å². The predicted octanol–water partition coefficient (Wildman–Crippen LogP) is 5.29. The lowest BCUT2D eigenvalue weighted by atomic mass is 10.2. The number of anilines is 1. The highest BCUT2D eigenvalue weighted by Crippen LogP contribution is 2.33. The Morgan fingerprint density at radius 2 is 2.04 bits per heavy atom. The fourth-order valence-electron chi connectivity index (χ4n) is 2.54. The summed E-state index contributed by atoms with van der Waals surface area (Å²) in [5.74, 6) is -0.566. The number of alkyl halides is 3. The molecule has 3 aromatic rings. The minimum atomic E-state index is -4.59. The van der Waals surface area contributed by atoms with Crippen LogP contribution < -0.4 is 5.32 Å². The zero-order valence-corrected chi connectivity index (χ0v) is 15.3. The van der Waals surface area contributed by atoms with Crippen molar-refractivity contribution < 1.29 is 18.0 Å². The van der Waals surface area contributed by atoms with Gasteiger partial charge in [-0.05, 0) is 37.4 Å². The van der Waals surface area contributed by atoms with Crippen molar-refractivity contribution in [1.82, 2.24) is 9.38 Å². The molecule has 136 valence electrons. The maximum atomic E-state index is 13.1. The van der Waals surface area contributed by atoms with Gasteiger partial charge in [0.15, 0.2) is 5.65 Å². The van der Waals surface area contributed by atoms with Gasteiger partial charge >= 0.3 is 6.18 Å². The number of fused-ring (bicyclic) bond motifs is 1. The first-order valence-electron chi connectivity index (χ1n) is 7.41. The van der Waals surface area contributed by atoms with E-state index in [1.165, 1.54) is 11.8 Å². The molecular weight excluding hydrogens is 387 g/mol. The van der Waals surface area contributed by atoms with E-state index in [2.05, 4.69) is 10.3 Å². The summed E-state index contributed by atoms with van der Waals surface area (Å²) >= 11 is 7.45. The number of nitrogens with one attached hydrogen (secondary N) is 1. The molecule has 0 bridgehead atoms. The first-order chi connectivity index (χ1) is 12.2. The van der Waals surface area contributed by atoms with Crippen molar-refractivity contribution in [3.8, 4) is 0 Å². The van der Waals surface area contributed by atoms with Crippen LogP contribution in [-0.2, 0) is 6.18 Å². The lowest BCUT2D eigenvalue weighted by Gasteiger charge is -2.10. The van der Waals surface area contributed by atoms with Crippen molar-refractivity contribution in [1.29, 1.82) is 0 Å². The van der Waals surface area contributed by atoms with Gasteiger partial charge < -0.3 is 5.32 Å². The number of aromatic nitrogens is 2. The normalized spacial score (nSPS) is 11.8. The van der Waals surface area contributed by atoms with Crippen molar-refractivity contribution in [3.63, 3.8) is 0 Å². The summed E-state index contributed by atoms with van der Waals surface area (Å²) in [6.45, 7) is 1.55. The summed E-state index contributed by atoms with van der Waals surface area (Å²) in [7, 11) is 0. The molecule has 3 rings (SSSR count). The molecule has 1 N–H and O–H groups in total. The molecule has 0 spiro atoms. The second-order valence-electron chi connectivity index (χ2n) is 5.50. The van der Waals surface area contributed by atoms with E-state index in [4.69, 9.17) is 11.6 Å². The van der Waals surface area contributed by atoms with Crippen LogP contribution in [0.1, 0.15) is 21.7 Å². The number of hydrogen-bond donors (Lipinski definition) is 1. The quantitative estimate of drug-likeness (QED) is 0.609. The molecular formula is C17H13ClF3N3OS. The first kappa shape index (κ1) is 18.6. The Bertz CT molecular complexity index is 1000. The van der Waals surface area contributed by atoms with Gasteiger partial charge in [-0.1, -0.05) is 17.7 Å². The predicted molar refractivity (Wildman–Crippen MR) is 96.1 cm³/mol. The smallest absolute Gasteiger partial charge is 0.321 e. The molecule has 2 heterocycles. The number of carbonyl (C=O) groups is 1. The van der Waals surface area contributed by atoms with Crippen LogP contribution in [-0.4, -0.2) is 21.5 Å². The number of aryl methyl sites for hydroxylation is 1. The molecule has 2 aromatic heterocycles. The van der Waals surface area contributed by atoms with E-state index >= 15 is 0 Å². The second kappa shape index (κ2) is 6.85. The van der Waals surface area contributed by atoms with Crippen LogP contribution in [0.3, 0.4) is 0 Å². The van der Waals surface area contributed by atoms with Gasteiger partial charge in [-0.25, -0.2) is 4.98 Å². The Balaban J connectivity index is 2.07. The fraction of sp³-hybridized carbons (Fsp3) is 0.176. The average Bonchev–Trinajstić information content (AvgIpc) is 2.91. The zero-order chi connectivity index (χ0) is 19.1. The average molecular weight is 400 g/mol. The van der Waals surface area contributed by atoms with E-state index in [9.17, 15) is 18.0 Å². The van der Waals surface area contributed by atoms with Gasteiger partial charge in [0.05, 0.1) is 16.3 Å². The molecule has 9 heteroatoms. The van der Waals surface area contributed by atoms with Gasteiger partial charge in [0, 0.05) is 16.8 Å². The van der Waals surface area contributed by atoms with Crippen molar-refractivity contribution in [2.24, 2.45) is 0 Å². The lowest BCUT2D eigenvalue weighted by molar-refractivity contribution is -0.137. The molecule has 0 aliphatic carbocycles. The number of amides is 1. The summed E-state index contributed by atoms with van der Waals surface area (Å²) in [4.78, 5) is 17.8. The van der Waals surface area contributed by atoms with Crippen LogP contribution in [0.4, 0.5) is 18.9 Å². The molecule has 0 saturated heterocycles. The molecule has 0 unspecified atom stereocenters. The maximum absolute atomic E-state index is 13.1. The lowest BCUT2D eigenvalue weighted by Crippen LogP contribution is -2.16. The molecule has 0 atom stereocenters. The van der Waals surface area contributed by atoms with E-state index in [1.807, 2.05) is 12.3 Å². The van der Waals surface area contributed by atoms with Crippen LogP contribution >= 0.6 is 23.4 Å². The molecule has 26 heavy (non-hydrogen) atoms. The van der Waals surface area contributed by atoms with E-state index < -0.39 is 17.6 Å². The van der Waals surface area contributed by atoms with Crippen LogP contribution in [0, 0.1) is 6.92 Å². The second-order valence-corrected chi connectivity index (χ2v) is 6.79. The summed E-state index contributed by atoms with van der Waals surface area (Å²) in [6, 6.07) is 7.93. The standard InChI is InChI=1S/C17H13ClF3N3OS/c1-9-14(16(25)23-11-4-3-5-12(7-11)26-2)24-8-10(17(19,20)21)6-13(18)15(24)22-9/h3-8H,1-2H3,(H,23,25). The van der Waals surface area contributed by atoms with Gasteiger partial charge in [0.1, 0.15) is 5.69 Å². The monoisotopic (exact) mass is 399 g/mol. The number of carbonyl (C=O) groups excluding carboxylic acids is 1. The molecule has 0 aliphatic rings. The fourth-order valence-corrected chi connectivity index (χ4v) is 3.25. The van der Waals surface area contributed by atoms with E-state index in [1.54, 1.807) is 25.1 Å². The van der Waals surface area contributed by atoms with Gasteiger partial charge in [-0.2, -0.15) is 13.2 Å². The Labute approximate surface area is 156 Å². The highest BCUT2D eigenvalue weighted by atomic mass is 35.5. The number of halogens is 4. The van der Waals surface area contributed by atoms with Crippen LogP contribution in [0.15, 0.2) is 41.4 Å². The molecule has 0 radical (unpaired) electrons. The number of imidazole rings is 1. The van der Waals surface area contributed by atoms with Gasteiger partial charge in [0.2, 0.25) is 0 Å². The SMILES string of the molecule is CSc1cccc(NC(=O)c2c(C)nc3c(Cl)cc(C(F)(F)F)cn23)c1.